The monoisotopic (exact) mass is 666 g/mol. The van der Waals surface area contributed by atoms with Gasteiger partial charge in [-0.3, -0.25) is 4.57 Å². The summed E-state index contributed by atoms with van der Waals surface area (Å²) < 4.78 is 2.24. The fourth-order valence-electron chi connectivity index (χ4n) is 8.11. The van der Waals surface area contributed by atoms with Gasteiger partial charge in [0.05, 0.1) is 11.0 Å². The molecular formula is C48H34N4. The molecule has 0 amide bonds. The van der Waals surface area contributed by atoms with Gasteiger partial charge < -0.3 is 0 Å². The van der Waals surface area contributed by atoms with Gasteiger partial charge in [-0.15, -0.1) is 0 Å². The standard InChI is InChI=1S/C48H34N4/c1-48(2)41-25-11-9-21-37(41)38-28-27-35(30-42(38)48)46-49-45(32-17-7-4-8-18-32)50-47(51-46)52-43-26-12-10-22-39(43)40-24-14-23-36(44(40)52)34-20-13-19-33(29-34)31-15-5-3-6-16-31/h3-30H,1-2H3. The van der Waals surface area contributed by atoms with Crippen LogP contribution in [0.3, 0.4) is 0 Å². The van der Waals surface area contributed by atoms with E-state index in [0.29, 0.717) is 17.6 Å². The Morgan fingerprint density at radius 3 is 1.83 bits per heavy atom. The topological polar surface area (TPSA) is 43.6 Å². The van der Waals surface area contributed by atoms with Crippen LogP contribution < -0.4 is 0 Å². The molecule has 2 aromatic heterocycles. The molecule has 52 heavy (non-hydrogen) atoms. The third-order valence-corrected chi connectivity index (χ3v) is 10.7. The first kappa shape index (κ1) is 30.2. The summed E-state index contributed by atoms with van der Waals surface area (Å²) in [6, 6.07) is 60.1. The van der Waals surface area contributed by atoms with Gasteiger partial charge in [-0.2, -0.15) is 9.97 Å². The van der Waals surface area contributed by atoms with Crippen LogP contribution in [0.2, 0.25) is 0 Å². The number of aromatic nitrogens is 4. The first-order chi connectivity index (χ1) is 25.5. The number of benzene rings is 7. The predicted octanol–water partition coefficient (Wildman–Crippen LogP) is 11.9. The van der Waals surface area contributed by atoms with E-state index < -0.39 is 0 Å². The molecule has 0 saturated heterocycles. The van der Waals surface area contributed by atoms with Crippen molar-refractivity contribution in [3.63, 3.8) is 0 Å². The summed E-state index contributed by atoms with van der Waals surface area (Å²) in [5.41, 5.74) is 13.7. The van der Waals surface area contributed by atoms with Crippen molar-refractivity contribution < 1.29 is 0 Å². The maximum atomic E-state index is 5.33. The summed E-state index contributed by atoms with van der Waals surface area (Å²) in [5, 5.41) is 2.30. The molecule has 10 rings (SSSR count). The van der Waals surface area contributed by atoms with Gasteiger partial charge in [0.15, 0.2) is 11.6 Å². The minimum Gasteiger partial charge on any atom is -0.277 e. The minimum atomic E-state index is -0.143. The Balaban J connectivity index is 1.23. The van der Waals surface area contributed by atoms with Crippen LogP contribution in [0.5, 0.6) is 0 Å². The van der Waals surface area contributed by atoms with Gasteiger partial charge in [-0.1, -0.05) is 166 Å². The molecule has 0 aliphatic heterocycles. The molecule has 0 fully saturated rings. The smallest absolute Gasteiger partial charge is 0.238 e. The number of nitrogens with zero attached hydrogens (tertiary/aromatic N) is 4. The highest BCUT2D eigenvalue weighted by molar-refractivity contribution is 6.13. The molecule has 0 spiro atoms. The molecule has 0 saturated carbocycles. The second-order valence-electron chi connectivity index (χ2n) is 14.1. The van der Waals surface area contributed by atoms with Gasteiger partial charge in [-0.05, 0) is 57.1 Å². The molecule has 9 aromatic rings. The molecule has 246 valence electrons. The molecule has 0 unspecified atom stereocenters. The predicted molar refractivity (Wildman–Crippen MR) is 213 cm³/mol. The van der Waals surface area contributed by atoms with E-state index in [-0.39, 0.29) is 5.41 Å². The van der Waals surface area contributed by atoms with E-state index >= 15 is 0 Å². The number of fused-ring (bicyclic) bond motifs is 6. The SMILES string of the molecule is CC1(C)c2ccccc2-c2ccc(-c3nc(-c4ccccc4)nc(-n4c5ccccc5c5cccc(-c6cccc(-c7ccccc7)c6)c54)n3)cc21. The molecule has 1 aliphatic carbocycles. The summed E-state index contributed by atoms with van der Waals surface area (Å²) >= 11 is 0. The number of rotatable bonds is 5. The van der Waals surface area contributed by atoms with Crippen molar-refractivity contribution in [1.29, 1.82) is 0 Å². The number of hydrogen-bond acceptors (Lipinski definition) is 3. The Labute approximate surface area is 302 Å². The van der Waals surface area contributed by atoms with Gasteiger partial charge in [0.2, 0.25) is 5.95 Å². The van der Waals surface area contributed by atoms with Crippen LogP contribution >= 0.6 is 0 Å². The average Bonchev–Trinajstić information content (AvgIpc) is 3.67. The molecule has 7 aromatic carbocycles. The van der Waals surface area contributed by atoms with Crippen molar-refractivity contribution in [1.82, 2.24) is 19.5 Å². The first-order valence-electron chi connectivity index (χ1n) is 17.8. The zero-order valence-corrected chi connectivity index (χ0v) is 29.0. The molecule has 0 radical (unpaired) electrons. The van der Waals surface area contributed by atoms with Crippen LogP contribution in [0.1, 0.15) is 25.0 Å². The summed E-state index contributed by atoms with van der Waals surface area (Å²) in [7, 11) is 0. The molecule has 0 bridgehead atoms. The second kappa shape index (κ2) is 11.7. The molecule has 4 nitrogen and oxygen atoms in total. The Morgan fingerprint density at radius 1 is 0.404 bits per heavy atom. The Bertz CT molecular complexity index is 2810. The molecule has 1 aliphatic rings. The Kier molecular flexibility index (Phi) is 6.80. The molecule has 4 heteroatoms. The molecular weight excluding hydrogens is 633 g/mol. The lowest BCUT2D eigenvalue weighted by molar-refractivity contribution is 0.660. The van der Waals surface area contributed by atoms with Crippen LogP contribution in [0.25, 0.3) is 83.9 Å². The Hall–Kier alpha value is -6.65. The minimum absolute atomic E-state index is 0.143. The van der Waals surface area contributed by atoms with Crippen molar-refractivity contribution >= 4 is 21.8 Å². The van der Waals surface area contributed by atoms with Gasteiger partial charge >= 0.3 is 0 Å². The first-order valence-corrected chi connectivity index (χ1v) is 17.8. The van der Waals surface area contributed by atoms with Crippen molar-refractivity contribution in [3.05, 3.63) is 181 Å². The van der Waals surface area contributed by atoms with Crippen LogP contribution in [0, 0.1) is 0 Å². The molecule has 2 heterocycles. The van der Waals surface area contributed by atoms with E-state index in [9.17, 15) is 0 Å². The number of para-hydroxylation sites is 2. The van der Waals surface area contributed by atoms with E-state index in [1.807, 2.05) is 18.2 Å². The summed E-state index contributed by atoms with van der Waals surface area (Å²) in [5.74, 6) is 1.87. The van der Waals surface area contributed by atoms with Crippen molar-refractivity contribution in [3.8, 4) is 62.1 Å². The lowest BCUT2D eigenvalue weighted by Crippen LogP contribution is -2.15. The van der Waals surface area contributed by atoms with Gasteiger partial charge in [0.1, 0.15) is 0 Å². The third kappa shape index (κ3) is 4.72. The van der Waals surface area contributed by atoms with E-state index in [0.717, 1.165) is 44.1 Å². The lowest BCUT2D eigenvalue weighted by Gasteiger charge is -2.21. The summed E-state index contributed by atoms with van der Waals surface area (Å²) in [6.45, 7) is 4.62. The van der Waals surface area contributed by atoms with Crippen LogP contribution in [-0.2, 0) is 5.41 Å². The fraction of sp³-hybridized carbons (Fsp3) is 0.0625. The highest BCUT2D eigenvalue weighted by atomic mass is 15.2. The van der Waals surface area contributed by atoms with Crippen LogP contribution in [-0.4, -0.2) is 19.5 Å². The average molecular weight is 667 g/mol. The Morgan fingerprint density at radius 2 is 1.00 bits per heavy atom. The third-order valence-electron chi connectivity index (χ3n) is 10.7. The number of hydrogen-bond donors (Lipinski definition) is 0. The summed E-state index contributed by atoms with van der Waals surface area (Å²) in [4.78, 5) is 15.7. The highest BCUT2D eigenvalue weighted by Gasteiger charge is 2.35. The zero-order chi connectivity index (χ0) is 34.8. The lowest BCUT2D eigenvalue weighted by atomic mass is 9.82. The summed E-state index contributed by atoms with van der Waals surface area (Å²) in [6.07, 6.45) is 0. The normalized spacial score (nSPS) is 13.0. The van der Waals surface area contributed by atoms with Crippen molar-refractivity contribution in [2.45, 2.75) is 19.3 Å². The van der Waals surface area contributed by atoms with Crippen molar-refractivity contribution in [2.24, 2.45) is 0 Å². The van der Waals surface area contributed by atoms with E-state index in [2.05, 4.69) is 170 Å². The second-order valence-corrected chi connectivity index (χ2v) is 14.1. The van der Waals surface area contributed by atoms with E-state index in [1.54, 1.807) is 0 Å². The van der Waals surface area contributed by atoms with Crippen LogP contribution in [0.4, 0.5) is 0 Å². The molecule has 0 N–H and O–H groups in total. The van der Waals surface area contributed by atoms with E-state index in [4.69, 9.17) is 15.0 Å². The maximum absolute atomic E-state index is 5.33. The van der Waals surface area contributed by atoms with Gasteiger partial charge in [0, 0.05) is 32.9 Å². The highest BCUT2D eigenvalue weighted by Crippen LogP contribution is 2.49. The van der Waals surface area contributed by atoms with Crippen molar-refractivity contribution in [2.75, 3.05) is 0 Å². The van der Waals surface area contributed by atoms with Gasteiger partial charge in [0.25, 0.3) is 0 Å². The fourth-order valence-corrected chi connectivity index (χ4v) is 8.11. The van der Waals surface area contributed by atoms with Gasteiger partial charge in [-0.25, -0.2) is 4.98 Å². The zero-order valence-electron chi connectivity index (χ0n) is 29.0. The van der Waals surface area contributed by atoms with Crippen LogP contribution in [0.15, 0.2) is 170 Å². The largest absolute Gasteiger partial charge is 0.277 e. The molecule has 0 atom stereocenters. The maximum Gasteiger partial charge on any atom is 0.238 e. The van der Waals surface area contributed by atoms with E-state index in [1.165, 1.54) is 33.4 Å². The quantitative estimate of drug-likeness (QED) is 0.184.